The number of nitrogens with zero attached hydrogens (tertiary/aromatic N) is 1. The minimum absolute atomic E-state index is 0. The lowest BCUT2D eigenvalue weighted by atomic mass is 10.2. The zero-order valence-corrected chi connectivity index (χ0v) is 17.0. The summed E-state index contributed by atoms with van der Waals surface area (Å²) in [6, 6.07) is 15.6. The summed E-state index contributed by atoms with van der Waals surface area (Å²) in [5, 5.41) is 3.06. The van der Waals surface area contributed by atoms with Crippen LogP contribution in [0.25, 0.3) is 0 Å². The molecule has 2 rings (SSSR count). The number of unbranched alkanes of at least 4 members (excludes halogenated alkanes) is 1. The Bertz CT molecular complexity index is 643. The van der Waals surface area contributed by atoms with Gasteiger partial charge in [-0.05, 0) is 56.2 Å². The lowest BCUT2D eigenvalue weighted by Crippen LogP contribution is -2.22. The second kappa shape index (κ2) is 11.6. The lowest BCUT2D eigenvalue weighted by Gasteiger charge is -2.07. The molecule has 0 aliphatic rings. The van der Waals surface area contributed by atoms with Crippen molar-refractivity contribution in [1.29, 1.82) is 0 Å². The quantitative estimate of drug-likeness (QED) is 0.271. The molecule has 0 heterocycles. The molecule has 0 aliphatic carbocycles. The molecule has 0 saturated carbocycles. The third-order valence-corrected chi connectivity index (χ3v) is 3.49. The monoisotopic (exact) mass is 455 g/mol. The van der Waals surface area contributed by atoms with Crippen LogP contribution < -0.4 is 20.5 Å². The first-order valence-corrected chi connectivity index (χ1v) is 8.08. The molecule has 6 heteroatoms. The van der Waals surface area contributed by atoms with Gasteiger partial charge in [-0.15, -0.1) is 24.0 Å². The zero-order valence-electron chi connectivity index (χ0n) is 14.7. The number of anilines is 1. The number of benzene rings is 2. The van der Waals surface area contributed by atoms with E-state index >= 15 is 0 Å². The highest BCUT2D eigenvalue weighted by Crippen LogP contribution is 2.14. The van der Waals surface area contributed by atoms with Crippen molar-refractivity contribution in [3.05, 3.63) is 54.1 Å². The van der Waals surface area contributed by atoms with Crippen LogP contribution in [0.2, 0.25) is 0 Å². The van der Waals surface area contributed by atoms with Crippen LogP contribution in [0.1, 0.15) is 18.4 Å². The number of guanidine groups is 1. The van der Waals surface area contributed by atoms with Gasteiger partial charge in [-0.25, -0.2) is 0 Å². The van der Waals surface area contributed by atoms with Gasteiger partial charge in [-0.2, -0.15) is 0 Å². The van der Waals surface area contributed by atoms with Gasteiger partial charge in [-0.1, -0.05) is 17.7 Å². The SMILES string of the molecule is COc1ccc(NC(N)=NCCCCOc2ccc(C)cc2)cc1.I. The number of aliphatic imine (C=N–C) groups is 1. The van der Waals surface area contributed by atoms with E-state index in [-0.39, 0.29) is 24.0 Å². The molecule has 0 aliphatic heterocycles. The Balaban J connectivity index is 0.00000312. The molecule has 0 unspecified atom stereocenters. The number of methoxy groups -OCH3 is 1. The topological polar surface area (TPSA) is 68.9 Å². The molecule has 0 spiro atoms. The van der Waals surface area contributed by atoms with E-state index < -0.39 is 0 Å². The molecule has 25 heavy (non-hydrogen) atoms. The van der Waals surface area contributed by atoms with Crippen LogP contribution in [-0.4, -0.2) is 26.2 Å². The maximum atomic E-state index is 5.87. The second-order valence-electron chi connectivity index (χ2n) is 5.49. The largest absolute Gasteiger partial charge is 0.497 e. The van der Waals surface area contributed by atoms with Gasteiger partial charge in [0, 0.05) is 12.2 Å². The number of hydrogen-bond donors (Lipinski definition) is 2. The van der Waals surface area contributed by atoms with E-state index in [0.29, 0.717) is 19.1 Å². The maximum Gasteiger partial charge on any atom is 0.193 e. The number of aryl methyl sites for hydroxylation is 1. The van der Waals surface area contributed by atoms with E-state index in [0.717, 1.165) is 30.0 Å². The maximum absolute atomic E-state index is 5.87. The fraction of sp³-hybridized carbons (Fsp3) is 0.316. The Morgan fingerprint density at radius 3 is 2.28 bits per heavy atom. The molecular weight excluding hydrogens is 429 g/mol. The minimum atomic E-state index is 0. The summed E-state index contributed by atoms with van der Waals surface area (Å²) in [5.41, 5.74) is 7.99. The molecule has 5 nitrogen and oxygen atoms in total. The van der Waals surface area contributed by atoms with E-state index in [1.807, 2.05) is 48.5 Å². The molecule has 3 N–H and O–H groups in total. The fourth-order valence-electron chi connectivity index (χ4n) is 2.10. The van der Waals surface area contributed by atoms with Crippen molar-refractivity contribution in [2.45, 2.75) is 19.8 Å². The predicted molar refractivity (Wildman–Crippen MR) is 114 cm³/mol. The smallest absolute Gasteiger partial charge is 0.193 e. The molecule has 136 valence electrons. The Labute approximate surface area is 166 Å². The molecule has 0 bridgehead atoms. The number of rotatable bonds is 8. The summed E-state index contributed by atoms with van der Waals surface area (Å²) in [5.74, 6) is 2.13. The first-order valence-electron chi connectivity index (χ1n) is 8.08. The Morgan fingerprint density at radius 2 is 1.64 bits per heavy atom. The van der Waals surface area contributed by atoms with Gasteiger partial charge < -0.3 is 20.5 Å². The Morgan fingerprint density at radius 1 is 1.00 bits per heavy atom. The van der Waals surface area contributed by atoms with Gasteiger partial charge >= 0.3 is 0 Å². The van der Waals surface area contributed by atoms with Crippen LogP contribution in [0.5, 0.6) is 11.5 Å². The van der Waals surface area contributed by atoms with Crippen LogP contribution in [0.3, 0.4) is 0 Å². The molecule has 0 atom stereocenters. The molecular formula is C19H26IN3O2. The molecule has 0 aromatic heterocycles. The van der Waals surface area contributed by atoms with Crippen LogP contribution >= 0.6 is 24.0 Å². The third kappa shape index (κ3) is 8.11. The normalized spacial score (nSPS) is 10.7. The summed E-state index contributed by atoms with van der Waals surface area (Å²) >= 11 is 0. The van der Waals surface area contributed by atoms with Crippen molar-refractivity contribution in [3.8, 4) is 11.5 Å². The molecule has 0 saturated heterocycles. The van der Waals surface area contributed by atoms with Crippen molar-refractivity contribution >= 4 is 35.6 Å². The molecule has 0 fully saturated rings. The average Bonchev–Trinajstić information content (AvgIpc) is 2.60. The van der Waals surface area contributed by atoms with Crippen LogP contribution in [0.4, 0.5) is 5.69 Å². The highest BCUT2D eigenvalue weighted by molar-refractivity contribution is 14.0. The van der Waals surface area contributed by atoms with Crippen molar-refractivity contribution in [2.24, 2.45) is 10.7 Å². The molecule has 0 amide bonds. The molecule has 2 aromatic carbocycles. The lowest BCUT2D eigenvalue weighted by molar-refractivity contribution is 0.308. The third-order valence-electron chi connectivity index (χ3n) is 3.49. The van der Waals surface area contributed by atoms with Crippen molar-refractivity contribution in [1.82, 2.24) is 0 Å². The Kier molecular flexibility index (Phi) is 9.76. The number of ether oxygens (including phenoxy) is 2. The van der Waals surface area contributed by atoms with Gasteiger partial charge in [0.05, 0.1) is 13.7 Å². The number of nitrogens with two attached hydrogens (primary N) is 1. The van der Waals surface area contributed by atoms with E-state index in [2.05, 4.69) is 17.2 Å². The van der Waals surface area contributed by atoms with Gasteiger partial charge in [0.1, 0.15) is 11.5 Å². The number of halogens is 1. The predicted octanol–water partition coefficient (Wildman–Crippen LogP) is 4.21. The summed E-state index contributed by atoms with van der Waals surface area (Å²) < 4.78 is 10.8. The summed E-state index contributed by atoms with van der Waals surface area (Å²) in [4.78, 5) is 4.31. The first-order chi connectivity index (χ1) is 11.7. The summed E-state index contributed by atoms with van der Waals surface area (Å²) in [7, 11) is 1.64. The molecule has 0 radical (unpaired) electrons. The van der Waals surface area contributed by atoms with Gasteiger partial charge in [0.15, 0.2) is 5.96 Å². The molecule has 2 aromatic rings. The first kappa shape index (κ1) is 21.1. The van der Waals surface area contributed by atoms with Gasteiger partial charge in [0.2, 0.25) is 0 Å². The number of nitrogens with one attached hydrogen (secondary N) is 1. The summed E-state index contributed by atoms with van der Waals surface area (Å²) in [6.45, 7) is 3.42. The van der Waals surface area contributed by atoms with E-state index in [4.69, 9.17) is 15.2 Å². The second-order valence-corrected chi connectivity index (χ2v) is 5.49. The average molecular weight is 455 g/mol. The fourth-order valence-corrected chi connectivity index (χ4v) is 2.10. The van der Waals surface area contributed by atoms with Crippen molar-refractivity contribution < 1.29 is 9.47 Å². The van der Waals surface area contributed by atoms with Gasteiger partial charge in [-0.3, -0.25) is 4.99 Å². The van der Waals surface area contributed by atoms with E-state index in [1.165, 1.54) is 5.56 Å². The van der Waals surface area contributed by atoms with Gasteiger partial charge in [0.25, 0.3) is 0 Å². The summed E-state index contributed by atoms with van der Waals surface area (Å²) in [6.07, 6.45) is 1.87. The highest BCUT2D eigenvalue weighted by Gasteiger charge is 1.97. The van der Waals surface area contributed by atoms with Crippen molar-refractivity contribution in [2.75, 3.05) is 25.6 Å². The van der Waals surface area contributed by atoms with Crippen LogP contribution in [0, 0.1) is 6.92 Å². The van der Waals surface area contributed by atoms with E-state index in [1.54, 1.807) is 7.11 Å². The minimum Gasteiger partial charge on any atom is -0.497 e. The highest BCUT2D eigenvalue weighted by atomic mass is 127. The van der Waals surface area contributed by atoms with Crippen LogP contribution in [0.15, 0.2) is 53.5 Å². The zero-order chi connectivity index (χ0) is 17.2. The number of hydrogen-bond acceptors (Lipinski definition) is 3. The van der Waals surface area contributed by atoms with Crippen molar-refractivity contribution in [3.63, 3.8) is 0 Å². The Hall–Kier alpha value is -1.96. The standard InChI is InChI=1S/C19H25N3O2.HI/c1-15-5-9-18(10-6-15)24-14-4-3-13-21-19(20)22-16-7-11-17(23-2)12-8-16;/h5-12H,3-4,13-14H2,1-2H3,(H3,20,21,22);1H. The van der Waals surface area contributed by atoms with Crippen LogP contribution in [-0.2, 0) is 0 Å². The van der Waals surface area contributed by atoms with E-state index in [9.17, 15) is 0 Å².